The smallest absolute Gasteiger partial charge is 0.224 e. The quantitative estimate of drug-likeness (QED) is 0.710. The Morgan fingerprint density at radius 2 is 1.70 bits per heavy atom. The molecule has 1 rings (SSSR count). The Kier molecular flexibility index (Phi) is 6.66. The Hall–Kier alpha value is -1.95. The van der Waals surface area contributed by atoms with Gasteiger partial charge in [-0.3, -0.25) is 4.79 Å². The van der Waals surface area contributed by atoms with E-state index in [2.05, 4.69) is 10.6 Å². The summed E-state index contributed by atoms with van der Waals surface area (Å²) in [4.78, 5) is 11.8. The van der Waals surface area contributed by atoms with Crippen molar-refractivity contribution in [1.82, 2.24) is 5.32 Å². The SMILES string of the molecule is CNCCCC(=O)Nc1cc(OC)c(OC)c(OC)c1. The van der Waals surface area contributed by atoms with Crippen LogP contribution in [0.4, 0.5) is 5.69 Å². The minimum atomic E-state index is -0.0467. The number of nitrogens with one attached hydrogen (secondary N) is 2. The zero-order valence-electron chi connectivity index (χ0n) is 12.4. The van der Waals surface area contributed by atoms with E-state index in [-0.39, 0.29) is 5.91 Å². The first-order valence-electron chi connectivity index (χ1n) is 6.40. The summed E-state index contributed by atoms with van der Waals surface area (Å²) in [7, 11) is 6.47. The molecule has 0 fully saturated rings. The van der Waals surface area contributed by atoms with Crippen LogP contribution < -0.4 is 24.8 Å². The number of amides is 1. The summed E-state index contributed by atoms with van der Waals surface area (Å²) in [6.45, 7) is 0.808. The van der Waals surface area contributed by atoms with E-state index in [0.29, 0.717) is 29.4 Å². The molecule has 0 unspecified atom stereocenters. The van der Waals surface area contributed by atoms with E-state index in [0.717, 1.165) is 13.0 Å². The molecule has 0 aliphatic heterocycles. The van der Waals surface area contributed by atoms with Crippen LogP contribution in [0.25, 0.3) is 0 Å². The summed E-state index contributed by atoms with van der Waals surface area (Å²) in [5.74, 6) is 1.48. The highest BCUT2D eigenvalue weighted by atomic mass is 16.5. The third kappa shape index (κ3) is 4.31. The predicted molar refractivity (Wildman–Crippen MR) is 77.9 cm³/mol. The van der Waals surface area contributed by atoms with E-state index >= 15 is 0 Å². The molecular formula is C14H22N2O4. The lowest BCUT2D eigenvalue weighted by Gasteiger charge is -2.14. The van der Waals surface area contributed by atoms with E-state index in [9.17, 15) is 4.79 Å². The number of ether oxygens (including phenoxy) is 3. The third-order valence-corrected chi connectivity index (χ3v) is 2.78. The van der Waals surface area contributed by atoms with Crippen LogP contribution >= 0.6 is 0 Å². The molecule has 6 nitrogen and oxygen atoms in total. The second-order valence-electron chi connectivity index (χ2n) is 4.17. The Morgan fingerprint density at radius 1 is 1.10 bits per heavy atom. The number of benzene rings is 1. The molecule has 0 spiro atoms. The lowest BCUT2D eigenvalue weighted by Crippen LogP contribution is -2.15. The molecule has 2 N–H and O–H groups in total. The molecule has 0 atom stereocenters. The van der Waals surface area contributed by atoms with Gasteiger partial charge in [-0.15, -0.1) is 0 Å². The van der Waals surface area contributed by atoms with Crippen molar-refractivity contribution in [2.45, 2.75) is 12.8 Å². The highest BCUT2D eigenvalue weighted by Gasteiger charge is 2.14. The number of hydrogen-bond donors (Lipinski definition) is 2. The predicted octanol–water partition coefficient (Wildman–Crippen LogP) is 1.65. The molecule has 0 aromatic heterocycles. The van der Waals surface area contributed by atoms with Gasteiger partial charge in [0.05, 0.1) is 21.3 Å². The number of methoxy groups -OCH3 is 3. The highest BCUT2D eigenvalue weighted by Crippen LogP contribution is 2.39. The Balaban J connectivity index is 2.82. The lowest BCUT2D eigenvalue weighted by molar-refractivity contribution is -0.116. The number of anilines is 1. The second kappa shape index (κ2) is 8.27. The lowest BCUT2D eigenvalue weighted by atomic mass is 10.2. The van der Waals surface area contributed by atoms with Crippen molar-refractivity contribution >= 4 is 11.6 Å². The van der Waals surface area contributed by atoms with Crippen molar-refractivity contribution < 1.29 is 19.0 Å². The van der Waals surface area contributed by atoms with Crippen molar-refractivity contribution in [3.63, 3.8) is 0 Å². The first kappa shape index (κ1) is 16.1. The maximum absolute atomic E-state index is 11.8. The van der Waals surface area contributed by atoms with Gasteiger partial charge in [0.25, 0.3) is 0 Å². The normalized spacial score (nSPS) is 10.0. The monoisotopic (exact) mass is 282 g/mol. The molecule has 6 heteroatoms. The van der Waals surface area contributed by atoms with Crippen molar-refractivity contribution in [3.05, 3.63) is 12.1 Å². The maximum Gasteiger partial charge on any atom is 0.224 e. The van der Waals surface area contributed by atoms with E-state index in [4.69, 9.17) is 14.2 Å². The van der Waals surface area contributed by atoms with Crippen molar-refractivity contribution in [2.24, 2.45) is 0 Å². The fourth-order valence-electron chi connectivity index (χ4n) is 1.80. The Bertz CT molecular complexity index is 424. The van der Waals surface area contributed by atoms with E-state index in [1.165, 1.54) is 21.3 Å². The average molecular weight is 282 g/mol. The fraction of sp³-hybridized carbons (Fsp3) is 0.500. The molecule has 20 heavy (non-hydrogen) atoms. The molecule has 0 aliphatic rings. The summed E-state index contributed by atoms with van der Waals surface area (Å²) in [5, 5.41) is 5.82. The van der Waals surface area contributed by atoms with Crippen LogP contribution in [0.1, 0.15) is 12.8 Å². The first-order valence-corrected chi connectivity index (χ1v) is 6.40. The minimum absolute atomic E-state index is 0.0467. The highest BCUT2D eigenvalue weighted by molar-refractivity contribution is 5.91. The van der Waals surface area contributed by atoms with Crippen LogP contribution in [0.5, 0.6) is 17.2 Å². The van der Waals surface area contributed by atoms with Gasteiger partial charge < -0.3 is 24.8 Å². The van der Waals surface area contributed by atoms with Crippen LogP contribution in [0.3, 0.4) is 0 Å². The van der Waals surface area contributed by atoms with Gasteiger partial charge >= 0.3 is 0 Å². The maximum atomic E-state index is 11.8. The number of rotatable bonds is 8. The molecule has 112 valence electrons. The van der Waals surface area contributed by atoms with Gasteiger partial charge in [-0.2, -0.15) is 0 Å². The van der Waals surface area contributed by atoms with Crippen LogP contribution in [0, 0.1) is 0 Å². The van der Waals surface area contributed by atoms with Gasteiger partial charge in [0.1, 0.15) is 0 Å². The zero-order chi connectivity index (χ0) is 15.0. The molecule has 0 heterocycles. The Labute approximate surface area is 119 Å². The molecule has 1 aromatic rings. The first-order chi connectivity index (χ1) is 9.65. The standard InChI is InChI=1S/C14H22N2O4/c1-15-7-5-6-13(17)16-10-8-11(18-2)14(20-4)12(9-10)19-3/h8-9,15H,5-7H2,1-4H3,(H,16,17). The molecule has 0 saturated heterocycles. The topological polar surface area (TPSA) is 68.8 Å². The molecule has 0 aliphatic carbocycles. The summed E-state index contributed by atoms with van der Waals surface area (Å²) in [6.07, 6.45) is 1.24. The van der Waals surface area contributed by atoms with E-state index < -0.39 is 0 Å². The van der Waals surface area contributed by atoms with Gasteiger partial charge in [-0.05, 0) is 20.0 Å². The van der Waals surface area contributed by atoms with Crippen LogP contribution in [-0.2, 0) is 4.79 Å². The summed E-state index contributed by atoms with van der Waals surface area (Å²) in [5.41, 5.74) is 0.619. The number of carbonyl (C=O) groups excluding carboxylic acids is 1. The summed E-state index contributed by atoms with van der Waals surface area (Å²) in [6, 6.07) is 3.41. The van der Waals surface area contributed by atoms with Crippen LogP contribution in [0.2, 0.25) is 0 Å². The van der Waals surface area contributed by atoms with Crippen molar-refractivity contribution in [2.75, 3.05) is 40.2 Å². The van der Waals surface area contributed by atoms with Gasteiger partial charge in [0.15, 0.2) is 11.5 Å². The second-order valence-corrected chi connectivity index (χ2v) is 4.17. The molecule has 0 bridgehead atoms. The molecule has 0 radical (unpaired) electrons. The van der Waals surface area contributed by atoms with E-state index in [1.54, 1.807) is 12.1 Å². The minimum Gasteiger partial charge on any atom is -0.493 e. The fourth-order valence-corrected chi connectivity index (χ4v) is 1.80. The molecule has 1 amide bonds. The average Bonchev–Trinajstić information content (AvgIpc) is 2.46. The number of carbonyl (C=O) groups is 1. The van der Waals surface area contributed by atoms with Gasteiger partial charge in [0, 0.05) is 24.2 Å². The van der Waals surface area contributed by atoms with Crippen molar-refractivity contribution in [1.29, 1.82) is 0 Å². The van der Waals surface area contributed by atoms with Crippen molar-refractivity contribution in [3.8, 4) is 17.2 Å². The third-order valence-electron chi connectivity index (χ3n) is 2.78. The van der Waals surface area contributed by atoms with Gasteiger partial charge in [-0.25, -0.2) is 0 Å². The largest absolute Gasteiger partial charge is 0.493 e. The molecule has 0 saturated carbocycles. The van der Waals surface area contributed by atoms with E-state index in [1.807, 2.05) is 7.05 Å². The van der Waals surface area contributed by atoms with Crippen LogP contribution in [0.15, 0.2) is 12.1 Å². The summed E-state index contributed by atoms with van der Waals surface area (Å²) >= 11 is 0. The zero-order valence-corrected chi connectivity index (χ0v) is 12.4. The molecule has 1 aromatic carbocycles. The van der Waals surface area contributed by atoms with Gasteiger partial charge in [0.2, 0.25) is 11.7 Å². The summed E-state index contributed by atoms with van der Waals surface area (Å²) < 4.78 is 15.7. The molecular weight excluding hydrogens is 260 g/mol. The Morgan fingerprint density at radius 3 is 2.15 bits per heavy atom. The number of hydrogen-bond acceptors (Lipinski definition) is 5. The van der Waals surface area contributed by atoms with Gasteiger partial charge in [-0.1, -0.05) is 0 Å². The van der Waals surface area contributed by atoms with Crippen LogP contribution in [-0.4, -0.2) is 40.8 Å².